The van der Waals surface area contributed by atoms with Crippen molar-refractivity contribution in [2.45, 2.75) is 0 Å². The first-order valence-corrected chi connectivity index (χ1v) is 4.16. The minimum atomic E-state index is -0.707. The van der Waals surface area contributed by atoms with Gasteiger partial charge in [0.05, 0.1) is 7.11 Å². The van der Waals surface area contributed by atoms with E-state index in [1.165, 1.54) is 7.11 Å². The van der Waals surface area contributed by atoms with Crippen LogP contribution in [0.15, 0.2) is 24.3 Å². The second-order valence-corrected chi connectivity index (χ2v) is 2.95. The number of rotatable bonds is 2. The molecular formula is C10H13NO3. The minimum absolute atomic E-state index is 0.475. The summed E-state index contributed by atoms with van der Waals surface area (Å²) in [7, 11) is 5.10. The van der Waals surface area contributed by atoms with Gasteiger partial charge in [0, 0.05) is 25.8 Å². The van der Waals surface area contributed by atoms with Gasteiger partial charge in [-0.2, -0.15) is 0 Å². The molecule has 14 heavy (non-hydrogen) atoms. The Morgan fingerprint density at radius 2 is 2.07 bits per heavy atom. The van der Waals surface area contributed by atoms with Crippen molar-refractivity contribution in [3.8, 4) is 5.75 Å². The third-order valence-corrected chi connectivity index (χ3v) is 1.70. The molecule has 0 saturated carbocycles. The quantitative estimate of drug-likeness (QED) is 0.533. The van der Waals surface area contributed by atoms with Gasteiger partial charge >= 0.3 is 6.16 Å². The normalized spacial score (nSPS) is 9.36. The Balaban J connectivity index is 2.78. The summed E-state index contributed by atoms with van der Waals surface area (Å²) in [5, 5.41) is 0. The van der Waals surface area contributed by atoms with Gasteiger partial charge in [-0.15, -0.1) is 0 Å². The van der Waals surface area contributed by atoms with E-state index >= 15 is 0 Å². The summed E-state index contributed by atoms with van der Waals surface area (Å²) < 4.78 is 9.25. The van der Waals surface area contributed by atoms with Gasteiger partial charge in [-0.3, -0.25) is 0 Å². The standard InChI is InChI=1S/C10H13NO3/c1-11(2)8-5-4-6-9(7-8)14-10(12)13-3/h4-7H,1-3H3. The van der Waals surface area contributed by atoms with Gasteiger partial charge in [-0.1, -0.05) is 6.07 Å². The Kier molecular flexibility index (Phi) is 3.34. The molecule has 0 bridgehead atoms. The van der Waals surface area contributed by atoms with E-state index in [4.69, 9.17) is 4.74 Å². The Bertz CT molecular complexity index is 323. The van der Waals surface area contributed by atoms with Gasteiger partial charge in [0.1, 0.15) is 5.75 Å². The maximum absolute atomic E-state index is 10.8. The molecule has 4 nitrogen and oxygen atoms in total. The minimum Gasteiger partial charge on any atom is -0.437 e. The highest BCUT2D eigenvalue weighted by Crippen LogP contribution is 2.19. The Labute approximate surface area is 83.0 Å². The van der Waals surface area contributed by atoms with Gasteiger partial charge in [-0.05, 0) is 12.1 Å². The van der Waals surface area contributed by atoms with Crippen LogP contribution in [0.3, 0.4) is 0 Å². The average Bonchev–Trinajstić information content (AvgIpc) is 2.18. The predicted molar refractivity (Wildman–Crippen MR) is 53.8 cm³/mol. The Morgan fingerprint density at radius 1 is 1.36 bits per heavy atom. The topological polar surface area (TPSA) is 38.8 Å². The van der Waals surface area contributed by atoms with Gasteiger partial charge in [0.25, 0.3) is 0 Å². The molecule has 0 atom stereocenters. The lowest BCUT2D eigenvalue weighted by Crippen LogP contribution is -2.10. The molecule has 0 amide bonds. The summed E-state index contributed by atoms with van der Waals surface area (Å²) in [6, 6.07) is 7.19. The fourth-order valence-corrected chi connectivity index (χ4v) is 0.963. The van der Waals surface area contributed by atoms with Gasteiger partial charge in [0.2, 0.25) is 0 Å². The molecule has 0 aliphatic heterocycles. The van der Waals surface area contributed by atoms with Gasteiger partial charge < -0.3 is 14.4 Å². The summed E-state index contributed by atoms with van der Waals surface area (Å²) in [5.74, 6) is 0.475. The van der Waals surface area contributed by atoms with Crippen molar-refractivity contribution < 1.29 is 14.3 Å². The first-order chi connectivity index (χ1) is 6.63. The average molecular weight is 195 g/mol. The zero-order valence-corrected chi connectivity index (χ0v) is 8.48. The molecule has 1 rings (SSSR count). The number of methoxy groups -OCH3 is 1. The van der Waals surface area contributed by atoms with Crippen molar-refractivity contribution in [3.63, 3.8) is 0 Å². The number of ether oxygens (including phenoxy) is 2. The third-order valence-electron chi connectivity index (χ3n) is 1.70. The second kappa shape index (κ2) is 4.50. The molecule has 0 unspecified atom stereocenters. The molecule has 0 heterocycles. The van der Waals surface area contributed by atoms with Crippen molar-refractivity contribution in [2.24, 2.45) is 0 Å². The smallest absolute Gasteiger partial charge is 0.437 e. The van der Waals surface area contributed by atoms with Crippen molar-refractivity contribution >= 4 is 11.8 Å². The van der Waals surface area contributed by atoms with E-state index in [1.807, 2.05) is 31.1 Å². The highest BCUT2D eigenvalue weighted by Gasteiger charge is 2.04. The van der Waals surface area contributed by atoms with Gasteiger partial charge in [0.15, 0.2) is 0 Å². The van der Waals surface area contributed by atoms with E-state index in [1.54, 1.807) is 12.1 Å². The molecule has 1 aromatic carbocycles. The maximum Gasteiger partial charge on any atom is 0.513 e. The number of nitrogens with zero attached hydrogens (tertiary/aromatic N) is 1. The van der Waals surface area contributed by atoms with E-state index < -0.39 is 6.16 Å². The third kappa shape index (κ3) is 2.65. The summed E-state index contributed by atoms with van der Waals surface area (Å²) in [6.07, 6.45) is -0.707. The summed E-state index contributed by atoms with van der Waals surface area (Å²) in [5.41, 5.74) is 0.964. The highest BCUT2D eigenvalue weighted by molar-refractivity contribution is 5.64. The fraction of sp³-hybridized carbons (Fsp3) is 0.300. The van der Waals surface area contributed by atoms with Crippen molar-refractivity contribution in [1.82, 2.24) is 0 Å². The molecule has 0 aliphatic carbocycles. The van der Waals surface area contributed by atoms with E-state index in [-0.39, 0.29) is 0 Å². The van der Waals surface area contributed by atoms with Crippen LogP contribution in [0.1, 0.15) is 0 Å². The zero-order chi connectivity index (χ0) is 10.6. The molecule has 0 radical (unpaired) electrons. The molecule has 0 aliphatic rings. The summed E-state index contributed by atoms with van der Waals surface area (Å²) >= 11 is 0. The Morgan fingerprint density at radius 3 is 2.64 bits per heavy atom. The highest BCUT2D eigenvalue weighted by atomic mass is 16.7. The predicted octanol–water partition coefficient (Wildman–Crippen LogP) is 1.90. The lowest BCUT2D eigenvalue weighted by Gasteiger charge is -2.12. The maximum atomic E-state index is 10.8. The fourth-order valence-electron chi connectivity index (χ4n) is 0.963. The second-order valence-electron chi connectivity index (χ2n) is 2.95. The first-order valence-electron chi connectivity index (χ1n) is 4.16. The van der Waals surface area contributed by atoms with Crippen LogP contribution in [0, 0.1) is 0 Å². The number of hydrogen-bond acceptors (Lipinski definition) is 4. The van der Waals surface area contributed by atoms with Crippen molar-refractivity contribution in [2.75, 3.05) is 26.1 Å². The van der Waals surface area contributed by atoms with Crippen molar-refractivity contribution in [3.05, 3.63) is 24.3 Å². The zero-order valence-electron chi connectivity index (χ0n) is 8.48. The van der Waals surface area contributed by atoms with Crippen molar-refractivity contribution in [1.29, 1.82) is 0 Å². The van der Waals surface area contributed by atoms with Crippen LogP contribution in [0.2, 0.25) is 0 Å². The largest absolute Gasteiger partial charge is 0.513 e. The number of hydrogen-bond donors (Lipinski definition) is 0. The first kappa shape index (κ1) is 10.4. The van der Waals surface area contributed by atoms with E-state index in [2.05, 4.69) is 4.74 Å². The lowest BCUT2D eigenvalue weighted by atomic mass is 10.3. The van der Waals surface area contributed by atoms with E-state index in [0.717, 1.165) is 5.69 Å². The van der Waals surface area contributed by atoms with Crippen LogP contribution in [0.5, 0.6) is 5.75 Å². The van der Waals surface area contributed by atoms with E-state index in [0.29, 0.717) is 5.75 Å². The molecule has 0 fully saturated rings. The van der Waals surface area contributed by atoms with Crippen LogP contribution in [0.25, 0.3) is 0 Å². The SMILES string of the molecule is COC(=O)Oc1cccc(N(C)C)c1. The molecule has 76 valence electrons. The molecule has 0 aromatic heterocycles. The molecule has 4 heteroatoms. The summed E-state index contributed by atoms with van der Waals surface area (Å²) in [6.45, 7) is 0. The van der Waals surface area contributed by atoms with Crippen LogP contribution in [-0.4, -0.2) is 27.4 Å². The number of benzene rings is 1. The Hall–Kier alpha value is -1.71. The van der Waals surface area contributed by atoms with Crippen LogP contribution in [-0.2, 0) is 4.74 Å². The lowest BCUT2D eigenvalue weighted by molar-refractivity contribution is 0.121. The number of anilines is 1. The van der Waals surface area contributed by atoms with Crippen LogP contribution < -0.4 is 9.64 Å². The van der Waals surface area contributed by atoms with Crippen LogP contribution >= 0.6 is 0 Å². The summed E-state index contributed by atoms with van der Waals surface area (Å²) in [4.78, 5) is 12.7. The number of carbonyl (C=O) groups is 1. The molecule has 0 N–H and O–H groups in total. The molecular weight excluding hydrogens is 182 g/mol. The molecule has 0 spiro atoms. The molecule has 1 aromatic rings. The monoisotopic (exact) mass is 195 g/mol. The number of carbonyl (C=O) groups excluding carboxylic acids is 1. The molecule has 0 saturated heterocycles. The van der Waals surface area contributed by atoms with Gasteiger partial charge in [-0.25, -0.2) is 4.79 Å². The van der Waals surface area contributed by atoms with E-state index in [9.17, 15) is 4.79 Å². The van der Waals surface area contributed by atoms with Crippen LogP contribution in [0.4, 0.5) is 10.5 Å².